The van der Waals surface area contributed by atoms with Crippen LogP contribution < -0.4 is 0 Å². The van der Waals surface area contributed by atoms with Crippen LogP contribution in [0.4, 0.5) is 0 Å². The third-order valence-electron chi connectivity index (χ3n) is 2.31. The molecule has 1 aromatic carbocycles. The van der Waals surface area contributed by atoms with Gasteiger partial charge in [-0.1, -0.05) is 48.6 Å². The number of aliphatic hydroxyl groups is 2. The number of hydrogen-bond acceptors (Lipinski definition) is 2. The molecule has 1 unspecified atom stereocenters. The van der Waals surface area contributed by atoms with Gasteiger partial charge in [0.05, 0.1) is 0 Å². The molecule has 0 fully saturated rings. The van der Waals surface area contributed by atoms with E-state index >= 15 is 0 Å². The van der Waals surface area contributed by atoms with Crippen LogP contribution in [0.5, 0.6) is 0 Å². The summed E-state index contributed by atoms with van der Waals surface area (Å²) in [5.74, 6) is -0.00815. The summed E-state index contributed by atoms with van der Waals surface area (Å²) in [6, 6.07) is 9.50. The molecule has 0 amide bonds. The molecule has 1 aromatic rings. The van der Waals surface area contributed by atoms with Gasteiger partial charge in [-0.15, -0.1) is 0 Å². The molecular formula is C13H12O2. The Hall–Kier alpha value is -1.80. The predicted octanol–water partition coefficient (Wildman–Crippen LogP) is 2.44. The summed E-state index contributed by atoms with van der Waals surface area (Å²) in [5, 5.41) is 19.4. The fraction of sp³-hybridized carbons (Fsp3) is 0.0769. The van der Waals surface area contributed by atoms with Crippen LogP contribution in [-0.2, 0) is 0 Å². The lowest BCUT2D eigenvalue weighted by Crippen LogP contribution is -2.07. The van der Waals surface area contributed by atoms with Gasteiger partial charge in [0.1, 0.15) is 11.9 Å². The van der Waals surface area contributed by atoms with Gasteiger partial charge >= 0.3 is 0 Å². The summed E-state index contributed by atoms with van der Waals surface area (Å²) in [5.41, 5.74) is 1.56. The van der Waals surface area contributed by atoms with E-state index in [2.05, 4.69) is 0 Å². The maximum Gasteiger partial charge on any atom is 0.132 e. The Balaban J connectivity index is 2.48. The van der Waals surface area contributed by atoms with Crippen molar-refractivity contribution in [1.29, 1.82) is 0 Å². The molecule has 0 heterocycles. The summed E-state index contributed by atoms with van der Waals surface area (Å²) in [7, 11) is 0. The maximum atomic E-state index is 9.80. The van der Waals surface area contributed by atoms with E-state index in [1.165, 1.54) is 0 Å². The van der Waals surface area contributed by atoms with Crippen molar-refractivity contribution in [3.05, 3.63) is 66.0 Å². The minimum atomic E-state index is -0.921. The Labute approximate surface area is 88.5 Å². The number of allylic oxidation sites excluding steroid dienone is 4. The van der Waals surface area contributed by atoms with Crippen LogP contribution in [0.1, 0.15) is 5.56 Å². The molecule has 1 aliphatic rings. The highest BCUT2D eigenvalue weighted by atomic mass is 16.3. The van der Waals surface area contributed by atoms with E-state index in [0.29, 0.717) is 5.57 Å². The van der Waals surface area contributed by atoms with Crippen molar-refractivity contribution < 1.29 is 10.2 Å². The van der Waals surface area contributed by atoms with Crippen molar-refractivity contribution in [3.8, 4) is 0 Å². The number of hydrogen-bond donors (Lipinski definition) is 2. The Morgan fingerprint density at radius 2 is 1.73 bits per heavy atom. The third-order valence-corrected chi connectivity index (χ3v) is 2.31. The first-order valence-corrected chi connectivity index (χ1v) is 4.80. The van der Waals surface area contributed by atoms with Gasteiger partial charge < -0.3 is 10.2 Å². The molecule has 15 heavy (non-hydrogen) atoms. The highest BCUT2D eigenvalue weighted by Crippen LogP contribution is 2.23. The lowest BCUT2D eigenvalue weighted by atomic mass is 10.0. The van der Waals surface area contributed by atoms with Crippen molar-refractivity contribution in [1.82, 2.24) is 0 Å². The van der Waals surface area contributed by atoms with E-state index in [0.717, 1.165) is 5.56 Å². The van der Waals surface area contributed by atoms with Gasteiger partial charge in [-0.05, 0) is 11.6 Å². The van der Waals surface area contributed by atoms with Crippen LogP contribution >= 0.6 is 0 Å². The van der Waals surface area contributed by atoms with Gasteiger partial charge in [0.25, 0.3) is 0 Å². The third kappa shape index (κ3) is 2.00. The number of benzene rings is 1. The summed E-state index contributed by atoms with van der Waals surface area (Å²) in [6.45, 7) is 0. The molecule has 2 N–H and O–H groups in total. The van der Waals surface area contributed by atoms with Crippen molar-refractivity contribution in [2.24, 2.45) is 0 Å². The minimum Gasteiger partial charge on any atom is -0.509 e. The molecule has 1 atom stereocenters. The van der Waals surface area contributed by atoms with Crippen molar-refractivity contribution in [3.63, 3.8) is 0 Å². The molecule has 76 valence electrons. The molecular weight excluding hydrogens is 188 g/mol. The second-order valence-electron chi connectivity index (χ2n) is 3.35. The summed E-state index contributed by atoms with van der Waals surface area (Å²) in [4.78, 5) is 0. The van der Waals surface area contributed by atoms with Crippen LogP contribution in [-0.4, -0.2) is 16.3 Å². The van der Waals surface area contributed by atoms with Crippen LogP contribution in [0.25, 0.3) is 5.57 Å². The molecule has 0 aliphatic heterocycles. The topological polar surface area (TPSA) is 40.5 Å². The predicted molar refractivity (Wildman–Crippen MR) is 60.3 cm³/mol. The Morgan fingerprint density at radius 3 is 2.47 bits per heavy atom. The molecule has 2 rings (SSSR count). The average molecular weight is 200 g/mol. The van der Waals surface area contributed by atoms with Crippen molar-refractivity contribution in [2.45, 2.75) is 6.10 Å². The fourth-order valence-corrected chi connectivity index (χ4v) is 1.52. The Bertz CT molecular complexity index is 427. The van der Waals surface area contributed by atoms with Crippen molar-refractivity contribution in [2.75, 3.05) is 0 Å². The zero-order valence-corrected chi connectivity index (χ0v) is 8.17. The smallest absolute Gasteiger partial charge is 0.132 e. The van der Waals surface area contributed by atoms with E-state index in [1.54, 1.807) is 24.3 Å². The zero-order chi connectivity index (χ0) is 10.7. The molecule has 2 nitrogen and oxygen atoms in total. The van der Waals surface area contributed by atoms with Gasteiger partial charge in [-0.2, -0.15) is 0 Å². The monoisotopic (exact) mass is 200 g/mol. The standard InChI is InChI=1S/C13H12O2/c14-12-9-5-4-8-11(13(12)15)10-6-2-1-3-7-10/h1-9,12,14-15H. The zero-order valence-electron chi connectivity index (χ0n) is 8.17. The molecule has 0 saturated heterocycles. The average Bonchev–Trinajstić information content (AvgIpc) is 2.44. The molecule has 1 aliphatic carbocycles. The van der Waals surface area contributed by atoms with Crippen LogP contribution in [0.3, 0.4) is 0 Å². The van der Waals surface area contributed by atoms with Crippen LogP contribution in [0, 0.1) is 0 Å². The maximum absolute atomic E-state index is 9.80. The lowest BCUT2D eigenvalue weighted by Gasteiger charge is -2.08. The Kier molecular flexibility index (Phi) is 2.70. The van der Waals surface area contributed by atoms with Gasteiger partial charge in [-0.25, -0.2) is 0 Å². The lowest BCUT2D eigenvalue weighted by molar-refractivity contribution is 0.195. The summed E-state index contributed by atoms with van der Waals surface area (Å²) < 4.78 is 0. The number of rotatable bonds is 1. The first kappa shape index (κ1) is 9.74. The number of aliphatic hydroxyl groups excluding tert-OH is 2. The van der Waals surface area contributed by atoms with Crippen LogP contribution in [0.2, 0.25) is 0 Å². The quantitative estimate of drug-likeness (QED) is 0.731. The fourth-order valence-electron chi connectivity index (χ4n) is 1.52. The van der Waals surface area contributed by atoms with Gasteiger partial charge in [-0.3, -0.25) is 0 Å². The van der Waals surface area contributed by atoms with E-state index in [9.17, 15) is 10.2 Å². The first-order chi connectivity index (χ1) is 7.29. The van der Waals surface area contributed by atoms with Gasteiger partial charge in [0.2, 0.25) is 0 Å². The second-order valence-corrected chi connectivity index (χ2v) is 3.35. The molecule has 2 heteroatoms. The normalized spacial score (nSPS) is 20.5. The highest BCUT2D eigenvalue weighted by molar-refractivity contribution is 5.77. The first-order valence-electron chi connectivity index (χ1n) is 4.80. The van der Waals surface area contributed by atoms with Gasteiger partial charge in [0.15, 0.2) is 0 Å². The molecule has 0 saturated carbocycles. The molecule has 0 radical (unpaired) electrons. The van der Waals surface area contributed by atoms with Crippen molar-refractivity contribution >= 4 is 5.57 Å². The summed E-state index contributed by atoms with van der Waals surface area (Å²) in [6.07, 6.45) is 5.93. The molecule has 0 aromatic heterocycles. The molecule has 0 spiro atoms. The highest BCUT2D eigenvalue weighted by Gasteiger charge is 2.13. The Morgan fingerprint density at radius 1 is 1.00 bits per heavy atom. The second kappa shape index (κ2) is 4.15. The SMILES string of the molecule is OC1=C(c2ccccc2)C=CC=CC1O. The summed E-state index contributed by atoms with van der Waals surface area (Å²) >= 11 is 0. The largest absolute Gasteiger partial charge is 0.509 e. The van der Waals surface area contributed by atoms with E-state index in [-0.39, 0.29) is 5.76 Å². The van der Waals surface area contributed by atoms with E-state index in [1.807, 2.05) is 30.3 Å². The van der Waals surface area contributed by atoms with Gasteiger partial charge in [0, 0.05) is 5.57 Å². The van der Waals surface area contributed by atoms with E-state index in [4.69, 9.17) is 0 Å². The minimum absolute atomic E-state index is 0.00815. The molecule has 0 bridgehead atoms. The van der Waals surface area contributed by atoms with Crippen LogP contribution in [0.15, 0.2) is 60.4 Å². The van der Waals surface area contributed by atoms with E-state index < -0.39 is 6.10 Å².